The van der Waals surface area contributed by atoms with Gasteiger partial charge in [-0.1, -0.05) is 18.2 Å². The van der Waals surface area contributed by atoms with Crippen LogP contribution in [0.2, 0.25) is 0 Å². The molecule has 0 aliphatic carbocycles. The van der Waals surface area contributed by atoms with Crippen molar-refractivity contribution >= 4 is 11.6 Å². The molecule has 1 fully saturated rings. The predicted octanol–water partition coefficient (Wildman–Crippen LogP) is 2.75. The van der Waals surface area contributed by atoms with Gasteiger partial charge in [0.25, 0.3) is 5.91 Å². The minimum absolute atomic E-state index is 0.0707. The van der Waals surface area contributed by atoms with Crippen molar-refractivity contribution in [2.45, 2.75) is 6.04 Å². The first-order valence-electron chi connectivity index (χ1n) is 9.79. The van der Waals surface area contributed by atoms with Crippen molar-refractivity contribution in [3.63, 3.8) is 0 Å². The molecule has 1 aliphatic rings. The van der Waals surface area contributed by atoms with Crippen molar-refractivity contribution in [1.29, 1.82) is 0 Å². The molecule has 2 aromatic carbocycles. The summed E-state index contributed by atoms with van der Waals surface area (Å²) in [5, 5.41) is 2.74. The Morgan fingerprint density at radius 3 is 2.17 bits per heavy atom. The van der Waals surface area contributed by atoms with Crippen LogP contribution in [0.1, 0.15) is 22.0 Å². The Kier molecular flexibility index (Phi) is 6.82. The van der Waals surface area contributed by atoms with Crippen LogP contribution in [-0.4, -0.2) is 69.6 Å². The number of hydrogen-bond acceptors (Lipinski definition) is 4. The summed E-state index contributed by atoms with van der Waals surface area (Å²) in [6.45, 7) is 3.86. The summed E-state index contributed by atoms with van der Waals surface area (Å²) in [6.07, 6.45) is 0. The highest BCUT2D eigenvalue weighted by Crippen LogP contribution is 2.24. The molecule has 7 heteroatoms. The molecular formula is C22H28F2N4O. The topological polar surface area (TPSA) is 38.8 Å². The highest BCUT2D eigenvalue weighted by Gasteiger charge is 2.25. The number of hydrogen-bond donors (Lipinski definition) is 1. The number of benzene rings is 2. The lowest BCUT2D eigenvalue weighted by molar-refractivity contribution is 0.0879. The summed E-state index contributed by atoms with van der Waals surface area (Å²) >= 11 is 0. The van der Waals surface area contributed by atoms with E-state index < -0.39 is 23.1 Å². The quantitative estimate of drug-likeness (QED) is 0.807. The van der Waals surface area contributed by atoms with Crippen LogP contribution >= 0.6 is 0 Å². The molecule has 29 heavy (non-hydrogen) atoms. The molecule has 0 unspecified atom stereocenters. The number of nitrogens with one attached hydrogen (secondary N) is 1. The van der Waals surface area contributed by atoms with Crippen LogP contribution in [-0.2, 0) is 0 Å². The third-order valence-corrected chi connectivity index (χ3v) is 5.42. The fourth-order valence-corrected chi connectivity index (χ4v) is 3.58. The first kappa shape index (κ1) is 21.2. The van der Waals surface area contributed by atoms with E-state index in [1.165, 1.54) is 6.07 Å². The Morgan fingerprint density at radius 2 is 1.62 bits per heavy atom. The summed E-state index contributed by atoms with van der Waals surface area (Å²) in [5.74, 6) is -2.44. The van der Waals surface area contributed by atoms with Gasteiger partial charge in [-0.2, -0.15) is 0 Å². The van der Waals surface area contributed by atoms with Crippen LogP contribution in [0.3, 0.4) is 0 Å². The van der Waals surface area contributed by atoms with Gasteiger partial charge in [-0.15, -0.1) is 0 Å². The Hall–Kier alpha value is -2.51. The zero-order chi connectivity index (χ0) is 21.0. The van der Waals surface area contributed by atoms with E-state index in [4.69, 9.17) is 0 Å². The normalized spacial score (nSPS) is 16.4. The number of carbonyl (C=O) groups is 1. The van der Waals surface area contributed by atoms with Gasteiger partial charge in [-0.25, -0.2) is 8.78 Å². The predicted molar refractivity (Wildman–Crippen MR) is 111 cm³/mol. The molecule has 1 N–H and O–H groups in total. The van der Waals surface area contributed by atoms with Crippen LogP contribution in [0.5, 0.6) is 0 Å². The largest absolute Gasteiger partial charge is 0.378 e. The standard InChI is InChI=1S/C22H28F2N4O/c1-26(2)17-9-7-16(8-10-17)20(28-13-11-27(3)12-14-28)15-25-22(29)21-18(23)5-4-6-19(21)24/h4-10,20H,11-15H2,1-3H3,(H,25,29)/t20-/m1/s1. The molecule has 1 saturated heterocycles. The first-order chi connectivity index (χ1) is 13.9. The lowest BCUT2D eigenvalue weighted by atomic mass is 10.0. The van der Waals surface area contributed by atoms with Gasteiger partial charge in [0.15, 0.2) is 0 Å². The van der Waals surface area contributed by atoms with Crippen molar-refractivity contribution in [3.8, 4) is 0 Å². The monoisotopic (exact) mass is 402 g/mol. The number of anilines is 1. The molecule has 2 aromatic rings. The van der Waals surface area contributed by atoms with E-state index in [1.807, 2.05) is 43.3 Å². The minimum atomic E-state index is -0.853. The Morgan fingerprint density at radius 1 is 1.03 bits per heavy atom. The summed E-state index contributed by atoms with van der Waals surface area (Å²) in [4.78, 5) is 19.1. The maximum Gasteiger partial charge on any atom is 0.257 e. The third-order valence-electron chi connectivity index (χ3n) is 5.42. The first-order valence-corrected chi connectivity index (χ1v) is 9.79. The summed E-state index contributed by atoms with van der Waals surface area (Å²) in [5.41, 5.74) is 1.62. The number of halogens is 2. The maximum absolute atomic E-state index is 13.9. The van der Waals surface area contributed by atoms with Crippen LogP contribution in [0.4, 0.5) is 14.5 Å². The zero-order valence-electron chi connectivity index (χ0n) is 17.2. The lowest BCUT2D eigenvalue weighted by Gasteiger charge is -2.38. The molecule has 3 rings (SSSR count). The second kappa shape index (κ2) is 9.33. The number of nitrogens with zero attached hydrogens (tertiary/aromatic N) is 3. The van der Waals surface area contributed by atoms with Gasteiger partial charge < -0.3 is 15.1 Å². The van der Waals surface area contributed by atoms with E-state index in [9.17, 15) is 13.6 Å². The van der Waals surface area contributed by atoms with Crippen molar-refractivity contribution < 1.29 is 13.6 Å². The summed E-state index contributed by atoms with van der Waals surface area (Å²) in [6, 6.07) is 11.5. The van der Waals surface area contributed by atoms with Gasteiger partial charge in [-0.05, 0) is 36.9 Å². The molecule has 0 saturated carbocycles. The summed E-state index contributed by atoms with van der Waals surface area (Å²) < 4.78 is 27.9. The van der Waals surface area contributed by atoms with Gasteiger partial charge in [0.05, 0.1) is 6.04 Å². The molecule has 0 spiro atoms. The van der Waals surface area contributed by atoms with Crippen LogP contribution in [0.25, 0.3) is 0 Å². The highest BCUT2D eigenvalue weighted by molar-refractivity contribution is 5.94. The molecule has 0 aromatic heterocycles. The SMILES string of the molecule is CN1CCN([C@H](CNC(=O)c2c(F)cccc2F)c2ccc(N(C)C)cc2)CC1. The van der Waals surface area contributed by atoms with Crippen molar-refractivity contribution in [1.82, 2.24) is 15.1 Å². The molecule has 156 valence electrons. The van der Waals surface area contributed by atoms with Crippen LogP contribution in [0, 0.1) is 11.6 Å². The number of likely N-dealkylation sites (N-methyl/N-ethyl adjacent to an activating group) is 1. The number of carbonyl (C=O) groups excluding carboxylic acids is 1. The molecule has 1 atom stereocenters. The van der Waals surface area contributed by atoms with Crippen LogP contribution < -0.4 is 10.2 Å². The number of rotatable bonds is 6. The minimum Gasteiger partial charge on any atom is -0.378 e. The van der Waals surface area contributed by atoms with E-state index in [0.717, 1.165) is 49.6 Å². The Labute approximate surface area is 170 Å². The molecular weight excluding hydrogens is 374 g/mol. The van der Waals surface area contributed by atoms with Crippen molar-refractivity contribution in [2.24, 2.45) is 0 Å². The van der Waals surface area contributed by atoms with E-state index >= 15 is 0 Å². The second-order valence-corrected chi connectivity index (χ2v) is 7.65. The average Bonchev–Trinajstić information content (AvgIpc) is 2.69. The summed E-state index contributed by atoms with van der Waals surface area (Å²) in [7, 11) is 6.05. The van der Waals surface area contributed by atoms with E-state index in [0.29, 0.717) is 0 Å². The Balaban J connectivity index is 1.78. The van der Waals surface area contributed by atoms with Gasteiger partial charge in [0, 0.05) is 52.5 Å². The Bertz CT molecular complexity index is 813. The fourth-order valence-electron chi connectivity index (χ4n) is 3.58. The lowest BCUT2D eigenvalue weighted by Crippen LogP contribution is -2.48. The van der Waals surface area contributed by atoms with Gasteiger partial charge >= 0.3 is 0 Å². The van der Waals surface area contributed by atoms with Crippen molar-refractivity contribution in [3.05, 3.63) is 65.2 Å². The molecule has 1 heterocycles. The smallest absolute Gasteiger partial charge is 0.257 e. The van der Waals surface area contributed by atoms with Crippen LogP contribution in [0.15, 0.2) is 42.5 Å². The van der Waals surface area contributed by atoms with E-state index in [-0.39, 0.29) is 12.6 Å². The molecule has 0 bridgehead atoms. The number of amides is 1. The fraction of sp³-hybridized carbons (Fsp3) is 0.409. The van der Waals surface area contributed by atoms with Gasteiger partial charge in [-0.3, -0.25) is 9.69 Å². The molecule has 1 amide bonds. The molecule has 0 radical (unpaired) electrons. The second-order valence-electron chi connectivity index (χ2n) is 7.65. The average molecular weight is 402 g/mol. The maximum atomic E-state index is 13.9. The van der Waals surface area contributed by atoms with Gasteiger partial charge in [0.1, 0.15) is 17.2 Å². The highest BCUT2D eigenvalue weighted by atomic mass is 19.1. The molecule has 5 nitrogen and oxygen atoms in total. The van der Waals surface area contributed by atoms with Crippen molar-refractivity contribution in [2.75, 3.05) is 58.8 Å². The zero-order valence-corrected chi connectivity index (χ0v) is 17.2. The van der Waals surface area contributed by atoms with E-state index in [2.05, 4.69) is 22.2 Å². The number of piperazine rings is 1. The van der Waals surface area contributed by atoms with E-state index in [1.54, 1.807) is 0 Å². The van der Waals surface area contributed by atoms with Gasteiger partial charge in [0.2, 0.25) is 0 Å². The third kappa shape index (κ3) is 5.10. The molecule has 1 aliphatic heterocycles.